The number of amides is 1. The first-order valence-electron chi connectivity index (χ1n) is 6.59. The lowest BCUT2D eigenvalue weighted by atomic mass is 10.1. The molecule has 0 aliphatic carbocycles. The summed E-state index contributed by atoms with van der Waals surface area (Å²) in [6, 6.07) is 4.02. The van der Waals surface area contributed by atoms with Gasteiger partial charge in [-0.1, -0.05) is 0 Å². The number of nitrogens with zero attached hydrogens (tertiary/aromatic N) is 2. The monoisotopic (exact) mass is 294 g/mol. The van der Waals surface area contributed by atoms with Crippen molar-refractivity contribution in [3.05, 3.63) is 33.9 Å². The van der Waals surface area contributed by atoms with Gasteiger partial charge in [-0.25, -0.2) is 0 Å². The fraction of sp³-hybridized carbons (Fsp3) is 0.462. The minimum Gasteiger partial charge on any atom is -0.376 e. The fourth-order valence-corrected chi connectivity index (χ4v) is 2.53. The first kappa shape index (κ1) is 15.2. The zero-order valence-corrected chi connectivity index (χ0v) is 11.9. The van der Waals surface area contributed by atoms with Crippen molar-refractivity contribution >= 4 is 17.3 Å². The highest BCUT2D eigenvalue weighted by molar-refractivity contribution is 5.99. The zero-order chi connectivity index (χ0) is 15.6. The van der Waals surface area contributed by atoms with Crippen LogP contribution in [0.4, 0.5) is 11.4 Å². The lowest BCUT2D eigenvalue weighted by Gasteiger charge is -2.26. The first-order valence-corrected chi connectivity index (χ1v) is 6.59. The van der Waals surface area contributed by atoms with Gasteiger partial charge in [-0.05, 0) is 25.5 Å². The number of rotatable bonds is 4. The van der Waals surface area contributed by atoms with Gasteiger partial charge < -0.3 is 15.1 Å². The Labute approximate surface area is 122 Å². The number of carbonyl (C=O) groups is 1. The standard InChI is InChI=1S/C13H18N4O4/c1-8-11(5-6-21-8)16(2)13(18)10-7-9(15-14)3-4-12(10)17(19)20/h3-4,7-8,11,15H,5-6,14H2,1-2H3. The number of hydrogen-bond donors (Lipinski definition) is 2. The lowest BCUT2D eigenvalue weighted by molar-refractivity contribution is -0.385. The molecule has 1 aromatic rings. The van der Waals surface area contributed by atoms with Crippen LogP contribution in [0.5, 0.6) is 0 Å². The van der Waals surface area contributed by atoms with Gasteiger partial charge in [0, 0.05) is 25.4 Å². The van der Waals surface area contributed by atoms with Gasteiger partial charge in [-0.2, -0.15) is 0 Å². The van der Waals surface area contributed by atoms with Crippen molar-refractivity contribution in [2.24, 2.45) is 5.84 Å². The Balaban J connectivity index is 2.34. The number of nitrogens with two attached hydrogens (primary N) is 1. The molecule has 1 aliphatic heterocycles. The summed E-state index contributed by atoms with van der Waals surface area (Å²) in [5.41, 5.74) is 2.60. The molecule has 1 saturated heterocycles. The molecule has 0 bridgehead atoms. The van der Waals surface area contributed by atoms with Gasteiger partial charge in [-0.3, -0.25) is 20.8 Å². The Morgan fingerprint density at radius 2 is 2.29 bits per heavy atom. The Hall–Kier alpha value is -2.19. The number of nitro groups is 1. The van der Waals surface area contributed by atoms with E-state index in [1.54, 1.807) is 7.05 Å². The molecule has 114 valence electrons. The average Bonchev–Trinajstić information content (AvgIpc) is 2.91. The van der Waals surface area contributed by atoms with Crippen molar-refractivity contribution in [2.75, 3.05) is 19.1 Å². The van der Waals surface area contributed by atoms with E-state index >= 15 is 0 Å². The Morgan fingerprint density at radius 3 is 2.81 bits per heavy atom. The van der Waals surface area contributed by atoms with Gasteiger partial charge in [0.1, 0.15) is 5.56 Å². The second kappa shape index (κ2) is 6.06. The van der Waals surface area contributed by atoms with E-state index in [9.17, 15) is 14.9 Å². The molecule has 8 heteroatoms. The van der Waals surface area contributed by atoms with Crippen molar-refractivity contribution in [1.29, 1.82) is 0 Å². The summed E-state index contributed by atoms with van der Waals surface area (Å²) in [5, 5.41) is 11.1. The highest BCUT2D eigenvalue weighted by Gasteiger charge is 2.33. The third kappa shape index (κ3) is 2.96. The van der Waals surface area contributed by atoms with Crippen LogP contribution in [0.25, 0.3) is 0 Å². The minimum atomic E-state index is -0.573. The summed E-state index contributed by atoms with van der Waals surface area (Å²) in [6.07, 6.45) is 0.625. The summed E-state index contributed by atoms with van der Waals surface area (Å²) < 4.78 is 5.44. The van der Waals surface area contributed by atoms with Crippen molar-refractivity contribution in [3.8, 4) is 0 Å². The highest BCUT2D eigenvalue weighted by atomic mass is 16.6. The molecule has 0 aromatic heterocycles. The van der Waals surface area contributed by atoms with Crippen LogP contribution in [0, 0.1) is 10.1 Å². The second-order valence-electron chi connectivity index (χ2n) is 4.98. The van der Waals surface area contributed by atoms with Crippen molar-refractivity contribution in [1.82, 2.24) is 4.90 Å². The molecule has 1 aromatic carbocycles. The van der Waals surface area contributed by atoms with E-state index in [2.05, 4.69) is 5.43 Å². The van der Waals surface area contributed by atoms with E-state index < -0.39 is 10.8 Å². The number of hydrazine groups is 1. The molecule has 8 nitrogen and oxygen atoms in total. The Bertz CT molecular complexity index is 563. The maximum atomic E-state index is 12.6. The number of benzene rings is 1. The van der Waals surface area contributed by atoms with Gasteiger partial charge in [0.15, 0.2) is 0 Å². The zero-order valence-electron chi connectivity index (χ0n) is 11.9. The van der Waals surface area contributed by atoms with Gasteiger partial charge in [-0.15, -0.1) is 0 Å². The maximum absolute atomic E-state index is 12.6. The van der Waals surface area contributed by atoms with Crippen LogP contribution in [-0.2, 0) is 4.74 Å². The molecule has 0 saturated carbocycles. The van der Waals surface area contributed by atoms with Gasteiger partial charge in [0.25, 0.3) is 11.6 Å². The van der Waals surface area contributed by atoms with Gasteiger partial charge in [0.05, 0.1) is 17.1 Å². The van der Waals surface area contributed by atoms with Crippen LogP contribution in [0.3, 0.4) is 0 Å². The van der Waals surface area contributed by atoms with Gasteiger partial charge in [0.2, 0.25) is 0 Å². The molecule has 1 aliphatic rings. The summed E-state index contributed by atoms with van der Waals surface area (Å²) in [6.45, 7) is 2.46. The molecule has 2 rings (SSSR count). The van der Waals surface area contributed by atoms with Crippen LogP contribution >= 0.6 is 0 Å². The molecule has 1 heterocycles. The molecule has 1 amide bonds. The second-order valence-corrected chi connectivity index (χ2v) is 4.98. The quantitative estimate of drug-likeness (QED) is 0.489. The SMILES string of the molecule is CC1OCCC1N(C)C(=O)c1cc(NN)ccc1[N+](=O)[O-]. The molecular formula is C13H18N4O4. The van der Waals surface area contributed by atoms with Gasteiger partial charge >= 0.3 is 0 Å². The molecule has 2 unspecified atom stereocenters. The number of likely N-dealkylation sites (N-methyl/N-ethyl adjacent to an activating group) is 1. The lowest BCUT2D eigenvalue weighted by Crippen LogP contribution is -2.41. The number of nitro benzene ring substituents is 1. The summed E-state index contributed by atoms with van der Waals surface area (Å²) in [7, 11) is 1.63. The van der Waals surface area contributed by atoms with E-state index in [4.69, 9.17) is 10.6 Å². The molecular weight excluding hydrogens is 276 g/mol. The molecule has 3 N–H and O–H groups in total. The molecule has 1 fully saturated rings. The van der Waals surface area contributed by atoms with Crippen molar-refractivity contribution in [2.45, 2.75) is 25.5 Å². The third-order valence-corrected chi connectivity index (χ3v) is 3.74. The van der Waals surface area contributed by atoms with Crippen molar-refractivity contribution in [3.63, 3.8) is 0 Å². The number of ether oxygens (including phenoxy) is 1. The average molecular weight is 294 g/mol. The first-order chi connectivity index (χ1) is 9.95. The van der Waals surface area contributed by atoms with Crippen LogP contribution in [0.15, 0.2) is 18.2 Å². The van der Waals surface area contributed by atoms with Crippen LogP contribution in [-0.4, -0.2) is 41.5 Å². The van der Waals surface area contributed by atoms with Crippen molar-refractivity contribution < 1.29 is 14.5 Å². The largest absolute Gasteiger partial charge is 0.376 e. The normalized spacial score (nSPS) is 21.1. The number of nitrogens with one attached hydrogen (secondary N) is 1. The Kier molecular flexibility index (Phi) is 4.39. The topological polar surface area (TPSA) is 111 Å². The Morgan fingerprint density at radius 1 is 1.57 bits per heavy atom. The predicted octanol–water partition coefficient (Wildman–Crippen LogP) is 1.13. The summed E-state index contributed by atoms with van der Waals surface area (Å²) in [4.78, 5) is 24.6. The summed E-state index contributed by atoms with van der Waals surface area (Å²) in [5.74, 6) is 4.88. The van der Waals surface area contributed by atoms with E-state index in [1.807, 2.05) is 6.92 Å². The van der Waals surface area contributed by atoms with E-state index in [1.165, 1.54) is 23.1 Å². The van der Waals surface area contributed by atoms with Crippen LogP contribution in [0.2, 0.25) is 0 Å². The predicted molar refractivity (Wildman–Crippen MR) is 76.8 cm³/mol. The number of carbonyl (C=O) groups excluding carboxylic acids is 1. The van der Waals surface area contributed by atoms with E-state index in [0.717, 1.165) is 0 Å². The minimum absolute atomic E-state index is 0.0112. The molecule has 0 radical (unpaired) electrons. The number of hydrogen-bond acceptors (Lipinski definition) is 6. The smallest absolute Gasteiger partial charge is 0.282 e. The highest BCUT2D eigenvalue weighted by Crippen LogP contribution is 2.26. The molecule has 2 atom stereocenters. The molecule has 21 heavy (non-hydrogen) atoms. The third-order valence-electron chi connectivity index (χ3n) is 3.74. The van der Waals surface area contributed by atoms with Crippen LogP contribution < -0.4 is 11.3 Å². The number of nitrogen functional groups attached to an aromatic ring is 1. The maximum Gasteiger partial charge on any atom is 0.282 e. The number of anilines is 1. The fourth-order valence-electron chi connectivity index (χ4n) is 2.53. The van der Waals surface area contributed by atoms with E-state index in [0.29, 0.717) is 18.7 Å². The van der Waals surface area contributed by atoms with E-state index in [-0.39, 0.29) is 23.4 Å². The molecule has 0 spiro atoms. The summed E-state index contributed by atoms with van der Waals surface area (Å²) >= 11 is 0. The van der Waals surface area contributed by atoms with Crippen LogP contribution in [0.1, 0.15) is 23.7 Å².